The first-order valence-electron chi connectivity index (χ1n) is 0.612. The maximum Gasteiger partial charge on any atom is 4.00 e. The molecule has 0 aromatic heterocycles. The summed E-state index contributed by atoms with van der Waals surface area (Å²) in [5, 5.41) is 16.7. The van der Waals surface area contributed by atoms with Crippen LogP contribution in [-0.4, -0.2) is 43.9 Å². The van der Waals surface area contributed by atoms with Crippen molar-refractivity contribution in [2.24, 2.45) is 0 Å². The van der Waals surface area contributed by atoms with E-state index in [0.29, 0.717) is 0 Å². The molecule has 0 bridgehead atoms. The average molecular weight is 180 g/mol. The van der Waals surface area contributed by atoms with Crippen LogP contribution in [0.2, 0.25) is 0 Å². The molecule has 5 nitrogen and oxygen atoms in total. The molecule has 0 N–H and O–H groups in total. The Labute approximate surface area is 90.6 Å². The van der Waals surface area contributed by atoms with Gasteiger partial charge in [-0.3, -0.25) is 0 Å². The van der Waals surface area contributed by atoms with Gasteiger partial charge in [-0.15, -0.1) is 0 Å². The monoisotopic (exact) mass is 180 g/mol. The predicted molar refractivity (Wildman–Crippen MR) is 12.5 cm³/mol. The third-order valence-corrected chi connectivity index (χ3v) is 0. The van der Waals surface area contributed by atoms with Gasteiger partial charge in [0.1, 0.15) is 0 Å². The minimum atomic E-state index is -2.33. The van der Waals surface area contributed by atoms with Crippen LogP contribution in [0.3, 0.4) is 0 Å². The molecule has 0 amide bonds. The summed E-state index contributed by atoms with van der Waals surface area (Å²) in [6.07, 6.45) is -2.33. The van der Waals surface area contributed by atoms with Crippen molar-refractivity contribution in [1.29, 1.82) is 0 Å². The molecule has 0 unspecified atom stereocenters. The molecule has 0 aliphatic rings. The minimum absolute atomic E-state index is 0. The zero-order chi connectivity index (χ0) is 3.58. The predicted octanol–water partition coefficient (Wildman–Crippen LogP) is -3.07. The Balaban J connectivity index is -0.00000000750. The van der Waals surface area contributed by atoms with Gasteiger partial charge in [0.25, 0.3) is 0 Å². The Morgan fingerprint density at radius 2 is 1.12 bits per heavy atom. The molecule has 0 atom stereocenters. The summed E-state index contributed by atoms with van der Waals surface area (Å²) in [4.78, 5) is 8.33. The Bertz CT molecular complexity index is 35.4. The third-order valence-electron chi connectivity index (χ3n) is 0. The topological polar surface area (TPSA) is 120 Å². The molecule has 7 heteroatoms. The maximum atomic E-state index is 8.33. The van der Waals surface area contributed by atoms with Crippen molar-refractivity contribution in [3.8, 4) is 0 Å². The number of carboxylic acid groups (broad SMARTS) is 2. The van der Waals surface area contributed by atoms with E-state index in [0.717, 1.165) is 0 Å². The van der Waals surface area contributed by atoms with E-state index in [1.54, 1.807) is 0 Å². The van der Waals surface area contributed by atoms with E-state index in [4.69, 9.17) is 15.0 Å². The number of carbonyl (C=O) groups is 1. The van der Waals surface area contributed by atoms with Gasteiger partial charge >= 0.3 is 59.5 Å². The van der Waals surface area contributed by atoms with Gasteiger partial charge in [-0.2, -0.15) is 0 Å². The number of carbonyl (C=O) groups excluding carboxylic acids is 1. The zero-order valence-corrected chi connectivity index (χ0v) is 7.52. The SMILES string of the molecule is O=C([O-])[O-].[Ca+2].[O-2].[O-2].[Ti+4]. The van der Waals surface area contributed by atoms with Crippen LogP contribution in [0.15, 0.2) is 0 Å². The molecule has 0 aliphatic heterocycles. The molecule has 0 radical (unpaired) electrons. The van der Waals surface area contributed by atoms with Crippen LogP contribution < -0.4 is 10.2 Å². The first-order chi connectivity index (χ1) is 1.73. The summed E-state index contributed by atoms with van der Waals surface area (Å²) >= 11 is 0. The fraction of sp³-hybridized carbons (Fsp3) is 0. The van der Waals surface area contributed by atoms with E-state index in [1.165, 1.54) is 0 Å². The van der Waals surface area contributed by atoms with E-state index in [-0.39, 0.29) is 70.4 Å². The largest absolute Gasteiger partial charge is 4.00 e. The quantitative estimate of drug-likeness (QED) is 0.367. The fourth-order valence-electron chi connectivity index (χ4n) is 0. The molecule has 40 valence electrons. The molecule has 0 rings (SSSR count). The Hall–Kier alpha value is 1.16. The van der Waals surface area contributed by atoms with E-state index < -0.39 is 6.16 Å². The summed E-state index contributed by atoms with van der Waals surface area (Å²) in [6.45, 7) is 0. The second kappa shape index (κ2) is 24.2. The van der Waals surface area contributed by atoms with Crippen molar-refractivity contribution in [1.82, 2.24) is 0 Å². The van der Waals surface area contributed by atoms with Crippen LogP contribution in [0.4, 0.5) is 4.79 Å². The second-order valence-corrected chi connectivity index (χ2v) is 0.250. The molecular weight excluding hydrogens is 180 g/mol. The Morgan fingerprint density at radius 1 is 1.12 bits per heavy atom. The van der Waals surface area contributed by atoms with E-state index in [2.05, 4.69) is 0 Å². The van der Waals surface area contributed by atoms with Gasteiger partial charge in [0.2, 0.25) is 0 Å². The van der Waals surface area contributed by atoms with Crippen LogP contribution in [0, 0.1) is 0 Å². The first-order valence-corrected chi connectivity index (χ1v) is 0.612. The molecule has 0 aromatic rings. The molecule has 0 saturated carbocycles. The maximum absolute atomic E-state index is 8.33. The molecular formula is CCaO5Ti. The van der Waals surface area contributed by atoms with Crippen LogP contribution in [-0.2, 0) is 32.7 Å². The van der Waals surface area contributed by atoms with Gasteiger partial charge in [0, 0.05) is 0 Å². The van der Waals surface area contributed by atoms with E-state index in [1.807, 2.05) is 0 Å². The smallest absolute Gasteiger partial charge is 2.00 e. The Kier molecular flexibility index (Phi) is 106. The van der Waals surface area contributed by atoms with Crippen LogP contribution in [0.5, 0.6) is 0 Å². The molecule has 0 spiro atoms. The van der Waals surface area contributed by atoms with E-state index >= 15 is 0 Å². The van der Waals surface area contributed by atoms with Gasteiger partial charge in [-0.25, -0.2) is 0 Å². The number of hydrogen-bond donors (Lipinski definition) is 0. The molecule has 0 aromatic carbocycles. The van der Waals surface area contributed by atoms with Gasteiger partial charge in [0.05, 0.1) is 0 Å². The van der Waals surface area contributed by atoms with Crippen molar-refractivity contribution in [3.63, 3.8) is 0 Å². The van der Waals surface area contributed by atoms with Crippen molar-refractivity contribution in [2.75, 3.05) is 0 Å². The summed E-state index contributed by atoms with van der Waals surface area (Å²) in [7, 11) is 0. The van der Waals surface area contributed by atoms with Gasteiger partial charge < -0.3 is 26.0 Å². The van der Waals surface area contributed by atoms with Crippen LogP contribution in [0.25, 0.3) is 0 Å². The zero-order valence-electron chi connectivity index (χ0n) is 3.75. The standard InChI is InChI=1S/CH2O3.Ca.2O.Ti/c2-1(3)4;;;;/h(H2,2,3,4);;;;/q;+2;2*-2;+4/p-2. The summed E-state index contributed by atoms with van der Waals surface area (Å²) in [5.41, 5.74) is 0. The molecule has 8 heavy (non-hydrogen) atoms. The van der Waals surface area contributed by atoms with E-state index in [9.17, 15) is 0 Å². The molecule has 0 fully saturated rings. The summed E-state index contributed by atoms with van der Waals surface area (Å²) in [6, 6.07) is 0. The van der Waals surface area contributed by atoms with Crippen molar-refractivity contribution < 1.29 is 47.7 Å². The van der Waals surface area contributed by atoms with Gasteiger partial charge in [-0.05, 0) is 6.16 Å². The third kappa shape index (κ3) is 201. The van der Waals surface area contributed by atoms with Crippen molar-refractivity contribution >= 4 is 43.9 Å². The average Bonchev–Trinajstić information content (AvgIpc) is 0.811. The van der Waals surface area contributed by atoms with Gasteiger partial charge in [-0.1, -0.05) is 0 Å². The minimum Gasteiger partial charge on any atom is -2.00 e. The summed E-state index contributed by atoms with van der Waals surface area (Å²) in [5.74, 6) is 0. The van der Waals surface area contributed by atoms with Crippen molar-refractivity contribution in [2.45, 2.75) is 0 Å². The molecule has 0 aliphatic carbocycles. The Morgan fingerprint density at radius 3 is 1.12 bits per heavy atom. The molecule has 0 heterocycles. The normalized spacial score (nSPS) is 3.00. The van der Waals surface area contributed by atoms with Crippen molar-refractivity contribution in [3.05, 3.63) is 0 Å². The fourth-order valence-corrected chi connectivity index (χ4v) is 0. The van der Waals surface area contributed by atoms with Crippen LogP contribution in [0.1, 0.15) is 0 Å². The number of rotatable bonds is 0. The first kappa shape index (κ1) is 35.2. The summed E-state index contributed by atoms with van der Waals surface area (Å²) < 4.78 is 0. The van der Waals surface area contributed by atoms with Gasteiger partial charge in [0.15, 0.2) is 0 Å². The second-order valence-electron chi connectivity index (χ2n) is 0.250. The van der Waals surface area contributed by atoms with Crippen LogP contribution >= 0.6 is 0 Å². The number of hydrogen-bond acceptors (Lipinski definition) is 3. The molecule has 0 saturated heterocycles.